The van der Waals surface area contributed by atoms with Gasteiger partial charge in [-0.25, -0.2) is 4.99 Å². The first-order valence-electron chi connectivity index (χ1n) is 11.8. The van der Waals surface area contributed by atoms with E-state index in [4.69, 9.17) is 9.73 Å². The van der Waals surface area contributed by atoms with Crippen LogP contribution < -0.4 is 15.5 Å². The first-order chi connectivity index (χ1) is 15.0. The van der Waals surface area contributed by atoms with Crippen molar-refractivity contribution in [2.24, 2.45) is 10.9 Å². The largest absolute Gasteiger partial charge is 0.396 e. The van der Waals surface area contributed by atoms with E-state index in [0.29, 0.717) is 19.1 Å². The Morgan fingerprint density at radius 3 is 2.39 bits per heavy atom. The van der Waals surface area contributed by atoms with Crippen molar-refractivity contribution in [2.75, 3.05) is 64.0 Å². The predicted octanol–water partition coefficient (Wildman–Crippen LogP) is 2.06. The Morgan fingerprint density at radius 2 is 1.77 bits per heavy atom. The minimum Gasteiger partial charge on any atom is -0.396 e. The maximum absolute atomic E-state index is 9.33. The molecule has 2 aliphatic rings. The van der Waals surface area contributed by atoms with Crippen molar-refractivity contribution >= 4 is 11.6 Å². The number of ether oxygens (including phenoxy) is 1. The van der Waals surface area contributed by atoms with Crippen molar-refractivity contribution < 1.29 is 9.84 Å². The van der Waals surface area contributed by atoms with Gasteiger partial charge < -0.3 is 25.4 Å². The molecule has 2 fully saturated rings. The number of aliphatic imine (C=N–C) groups is 1. The third kappa shape index (κ3) is 7.09. The number of guanidine groups is 1. The summed E-state index contributed by atoms with van der Waals surface area (Å²) in [7, 11) is 0. The van der Waals surface area contributed by atoms with E-state index in [1.165, 1.54) is 11.3 Å². The molecule has 0 amide bonds. The predicted molar refractivity (Wildman–Crippen MR) is 128 cm³/mol. The Kier molecular flexibility index (Phi) is 8.99. The van der Waals surface area contributed by atoms with Crippen LogP contribution in [0.3, 0.4) is 0 Å². The number of nitrogens with zero attached hydrogens (tertiary/aromatic N) is 3. The molecule has 7 nitrogen and oxygen atoms in total. The van der Waals surface area contributed by atoms with E-state index in [1.54, 1.807) is 0 Å². The number of hydrogen-bond donors (Lipinski definition) is 3. The van der Waals surface area contributed by atoms with Gasteiger partial charge >= 0.3 is 0 Å². The minimum absolute atomic E-state index is 0.0467. The lowest BCUT2D eigenvalue weighted by molar-refractivity contribution is -0.00834. The number of morpholine rings is 1. The summed E-state index contributed by atoms with van der Waals surface area (Å²) in [6.45, 7) is 14.9. The fourth-order valence-electron chi connectivity index (χ4n) is 4.28. The highest BCUT2D eigenvalue weighted by atomic mass is 16.5. The van der Waals surface area contributed by atoms with Crippen molar-refractivity contribution in [3.05, 3.63) is 29.8 Å². The molecule has 174 valence electrons. The fraction of sp³-hybridized carbons (Fsp3) is 0.708. The molecule has 0 aromatic heterocycles. The summed E-state index contributed by atoms with van der Waals surface area (Å²) in [5, 5.41) is 16.2. The average molecular weight is 432 g/mol. The molecule has 7 heteroatoms. The molecule has 3 rings (SSSR count). The second-order valence-electron chi connectivity index (χ2n) is 9.24. The van der Waals surface area contributed by atoms with Gasteiger partial charge in [-0.3, -0.25) is 4.90 Å². The molecule has 3 N–H and O–H groups in total. The lowest BCUT2D eigenvalue weighted by Gasteiger charge is -2.41. The van der Waals surface area contributed by atoms with Crippen LogP contribution in [-0.4, -0.2) is 80.6 Å². The molecule has 1 aromatic carbocycles. The standard InChI is InChI=1S/C24H41N5O2/c1-4-25-23(27-19-24(2,3)29-13-15-31-16-14-29)26-17-20-5-7-22(8-6-20)28-11-9-21(18-30)10-12-28/h5-8,21,30H,4,9-19H2,1-3H3,(H2,25,26,27). The minimum atomic E-state index is 0.0467. The highest BCUT2D eigenvalue weighted by Gasteiger charge is 2.28. The summed E-state index contributed by atoms with van der Waals surface area (Å²) in [6, 6.07) is 8.76. The van der Waals surface area contributed by atoms with Gasteiger partial charge in [0, 0.05) is 57.1 Å². The molecule has 2 saturated heterocycles. The van der Waals surface area contributed by atoms with Gasteiger partial charge in [0.05, 0.1) is 19.8 Å². The maximum Gasteiger partial charge on any atom is 0.191 e. The Balaban J connectivity index is 1.52. The van der Waals surface area contributed by atoms with Gasteiger partial charge in [0.25, 0.3) is 0 Å². The molecule has 2 aliphatic heterocycles. The zero-order chi connectivity index (χ0) is 22.1. The molecule has 0 aliphatic carbocycles. The van der Waals surface area contributed by atoms with Crippen LogP contribution in [0.4, 0.5) is 5.69 Å². The third-order valence-corrected chi connectivity index (χ3v) is 6.49. The van der Waals surface area contributed by atoms with Gasteiger partial charge in [-0.2, -0.15) is 0 Å². The molecule has 2 heterocycles. The zero-order valence-electron chi connectivity index (χ0n) is 19.6. The van der Waals surface area contributed by atoms with E-state index < -0.39 is 0 Å². The molecule has 31 heavy (non-hydrogen) atoms. The maximum atomic E-state index is 9.33. The second-order valence-corrected chi connectivity index (χ2v) is 9.24. The van der Waals surface area contributed by atoms with Crippen molar-refractivity contribution in [2.45, 2.75) is 45.7 Å². The summed E-state index contributed by atoms with van der Waals surface area (Å²) in [5.74, 6) is 1.33. The number of aliphatic hydroxyl groups is 1. The smallest absolute Gasteiger partial charge is 0.191 e. The van der Waals surface area contributed by atoms with Crippen molar-refractivity contribution in [1.82, 2.24) is 15.5 Å². The zero-order valence-corrected chi connectivity index (χ0v) is 19.6. The number of benzene rings is 1. The third-order valence-electron chi connectivity index (χ3n) is 6.49. The summed E-state index contributed by atoms with van der Waals surface area (Å²) in [4.78, 5) is 9.70. The molecular formula is C24H41N5O2. The monoisotopic (exact) mass is 431 g/mol. The average Bonchev–Trinajstić information content (AvgIpc) is 2.82. The lowest BCUT2D eigenvalue weighted by Crippen LogP contribution is -2.56. The lowest BCUT2D eigenvalue weighted by atomic mass is 9.97. The van der Waals surface area contributed by atoms with Gasteiger partial charge in [-0.05, 0) is 57.2 Å². The first-order valence-corrected chi connectivity index (χ1v) is 11.8. The molecule has 0 radical (unpaired) electrons. The van der Waals surface area contributed by atoms with Crippen LogP contribution in [-0.2, 0) is 11.3 Å². The number of aliphatic hydroxyl groups excluding tert-OH is 1. The van der Waals surface area contributed by atoms with Gasteiger partial charge in [0.1, 0.15) is 0 Å². The Labute approximate surface area is 187 Å². The number of piperidine rings is 1. The normalized spacial score (nSPS) is 19.5. The number of rotatable bonds is 8. The Hall–Kier alpha value is -1.83. The summed E-state index contributed by atoms with van der Waals surface area (Å²) < 4.78 is 5.49. The van der Waals surface area contributed by atoms with E-state index in [-0.39, 0.29) is 5.54 Å². The molecule has 0 atom stereocenters. The van der Waals surface area contributed by atoms with E-state index >= 15 is 0 Å². The molecule has 1 aromatic rings. The van der Waals surface area contributed by atoms with Crippen LogP contribution in [0.25, 0.3) is 0 Å². The summed E-state index contributed by atoms with van der Waals surface area (Å²) in [6.07, 6.45) is 2.14. The Bertz CT molecular complexity index is 678. The topological polar surface area (TPSA) is 72.4 Å². The van der Waals surface area contributed by atoms with Crippen molar-refractivity contribution in [1.29, 1.82) is 0 Å². The number of hydrogen-bond acceptors (Lipinski definition) is 5. The van der Waals surface area contributed by atoms with Gasteiger partial charge in [0.2, 0.25) is 0 Å². The molecular weight excluding hydrogens is 390 g/mol. The van der Waals surface area contributed by atoms with E-state index in [0.717, 1.165) is 71.3 Å². The van der Waals surface area contributed by atoms with Crippen LogP contribution >= 0.6 is 0 Å². The highest BCUT2D eigenvalue weighted by Crippen LogP contribution is 2.23. The molecule has 0 unspecified atom stereocenters. The second kappa shape index (κ2) is 11.7. The molecule has 0 spiro atoms. The van der Waals surface area contributed by atoms with Gasteiger partial charge in [-0.15, -0.1) is 0 Å². The number of anilines is 1. The van der Waals surface area contributed by atoms with E-state index in [2.05, 4.69) is 65.5 Å². The quantitative estimate of drug-likeness (QED) is 0.432. The Morgan fingerprint density at radius 1 is 1.10 bits per heavy atom. The molecule has 0 bridgehead atoms. The van der Waals surface area contributed by atoms with Crippen LogP contribution in [0.15, 0.2) is 29.3 Å². The van der Waals surface area contributed by atoms with Crippen LogP contribution in [0.2, 0.25) is 0 Å². The highest BCUT2D eigenvalue weighted by molar-refractivity contribution is 5.79. The van der Waals surface area contributed by atoms with Crippen molar-refractivity contribution in [3.63, 3.8) is 0 Å². The van der Waals surface area contributed by atoms with Crippen LogP contribution in [0.5, 0.6) is 0 Å². The summed E-state index contributed by atoms with van der Waals surface area (Å²) in [5.41, 5.74) is 2.52. The van der Waals surface area contributed by atoms with Crippen LogP contribution in [0.1, 0.15) is 39.2 Å². The van der Waals surface area contributed by atoms with E-state index in [1.807, 2.05) is 0 Å². The fourth-order valence-corrected chi connectivity index (χ4v) is 4.28. The van der Waals surface area contributed by atoms with Gasteiger partial charge in [0.15, 0.2) is 5.96 Å². The first kappa shape index (κ1) is 23.8. The SMILES string of the molecule is CCNC(=NCc1ccc(N2CCC(CO)CC2)cc1)NCC(C)(C)N1CCOCC1. The van der Waals surface area contributed by atoms with Crippen LogP contribution in [0, 0.1) is 5.92 Å². The number of nitrogens with one attached hydrogen (secondary N) is 2. The molecule has 0 saturated carbocycles. The summed E-state index contributed by atoms with van der Waals surface area (Å²) >= 11 is 0. The van der Waals surface area contributed by atoms with E-state index in [9.17, 15) is 5.11 Å². The van der Waals surface area contributed by atoms with Gasteiger partial charge in [-0.1, -0.05) is 12.1 Å². The van der Waals surface area contributed by atoms with Crippen molar-refractivity contribution in [3.8, 4) is 0 Å².